The number of amides is 1. The van der Waals surface area contributed by atoms with Crippen LogP contribution in [0.25, 0.3) is 10.8 Å². The minimum absolute atomic E-state index is 0.149. The lowest BCUT2D eigenvalue weighted by Gasteiger charge is -2.24. The molecule has 3 aromatic rings. The summed E-state index contributed by atoms with van der Waals surface area (Å²) in [6.45, 7) is 3.17. The van der Waals surface area contributed by atoms with E-state index in [9.17, 15) is 13.2 Å². The Hall–Kier alpha value is -3.26. The van der Waals surface area contributed by atoms with Crippen molar-refractivity contribution in [3.63, 3.8) is 0 Å². The van der Waals surface area contributed by atoms with Gasteiger partial charge in [0.05, 0.1) is 25.1 Å². The highest BCUT2D eigenvalue weighted by molar-refractivity contribution is 7.92. The third-order valence-corrected chi connectivity index (χ3v) is 6.19. The number of carbonyl (C=O) groups excluding carboxylic acids is 1. The smallest absolute Gasteiger partial charge is 0.232 e. The summed E-state index contributed by atoms with van der Waals surface area (Å²) in [7, 11) is -3.52. The maximum absolute atomic E-state index is 12.3. The van der Waals surface area contributed by atoms with Crippen molar-refractivity contribution in [2.24, 2.45) is 0 Å². The average Bonchev–Trinajstić information content (AvgIpc) is 2.79. The molecule has 176 valence electrons. The fourth-order valence-electron chi connectivity index (χ4n) is 3.49. The zero-order valence-corrected chi connectivity index (χ0v) is 19.8. The lowest BCUT2D eigenvalue weighted by molar-refractivity contribution is -0.121. The first-order chi connectivity index (χ1) is 15.9. The van der Waals surface area contributed by atoms with Crippen molar-refractivity contribution in [3.8, 4) is 11.5 Å². The van der Waals surface area contributed by atoms with Crippen LogP contribution < -0.4 is 19.1 Å². The first-order valence-corrected chi connectivity index (χ1v) is 12.8. The van der Waals surface area contributed by atoms with E-state index in [1.807, 2.05) is 49.4 Å². The highest BCUT2D eigenvalue weighted by Gasteiger charge is 2.21. The Labute approximate surface area is 195 Å². The highest BCUT2D eigenvalue weighted by atomic mass is 32.2. The fourth-order valence-corrected chi connectivity index (χ4v) is 4.46. The zero-order valence-electron chi connectivity index (χ0n) is 19.0. The molecule has 0 atom stereocenters. The molecule has 0 bridgehead atoms. The Kier molecular flexibility index (Phi) is 8.54. The van der Waals surface area contributed by atoms with Gasteiger partial charge in [0.1, 0.15) is 18.1 Å². The SMILES string of the molecule is CCOc1ccccc1N(CCCC(=O)NCCOc1ccc2ccccc2c1)S(C)(=O)=O. The van der Waals surface area contributed by atoms with E-state index in [-0.39, 0.29) is 18.9 Å². The summed E-state index contributed by atoms with van der Waals surface area (Å²) in [5.74, 6) is 1.10. The van der Waals surface area contributed by atoms with Crippen molar-refractivity contribution in [2.45, 2.75) is 19.8 Å². The van der Waals surface area contributed by atoms with E-state index in [4.69, 9.17) is 9.47 Å². The molecular formula is C25H30N2O5S. The van der Waals surface area contributed by atoms with Gasteiger partial charge in [-0.2, -0.15) is 0 Å². The molecule has 0 unspecified atom stereocenters. The number of anilines is 1. The van der Waals surface area contributed by atoms with Crippen LogP contribution in [0.4, 0.5) is 5.69 Å². The van der Waals surface area contributed by atoms with Crippen LogP contribution in [0.2, 0.25) is 0 Å². The number of benzene rings is 3. The second-order valence-electron chi connectivity index (χ2n) is 7.55. The van der Waals surface area contributed by atoms with Gasteiger partial charge in [0.25, 0.3) is 0 Å². The maximum Gasteiger partial charge on any atom is 0.232 e. The summed E-state index contributed by atoms with van der Waals surface area (Å²) in [5.41, 5.74) is 0.478. The highest BCUT2D eigenvalue weighted by Crippen LogP contribution is 2.30. The van der Waals surface area contributed by atoms with Crippen LogP contribution in [0, 0.1) is 0 Å². The molecule has 1 N–H and O–H groups in total. The van der Waals surface area contributed by atoms with Gasteiger partial charge in [-0.1, -0.05) is 42.5 Å². The molecule has 0 heterocycles. The lowest BCUT2D eigenvalue weighted by atomic mass is 10.1. The molecule has 0 saturated heterocycles. The summed E-state index contributed by atoms with van der Waals surface area (Å²) in [6, 6.07) is 20.9. The number of rotatable bonds is 12. The first-order valence-electron chi connectivity index (χ1n) is 11.0. The molecule has 0 fully saturated rings. The van der Waals surface area contributed by atoms with Crippen LogP contribution in [0.5, 0.6) is 11.5 Å². The Morgan fingerprint density at radius 1 is 0.970 bits per heavy atom. The van der Waals surface area contributed by atoms with Crippen molar-refractivity contribution in [3.05, 3.63) is 66.7 Å². The Bertz CT molecular complexity index is 1180. The fraction of sp³-hybridized carbons (Fsp3) is 0.320. The molecule has 0 spiro atoms. The van der Waals surface area contributed by atoms with Crippen molar-refractivity contribution < 1.29 is 22.7 Å². The second-order valence-corrected chi connectivity index (χ2v) is 9.45. The van der Waals surface area contributed by atoms with Crippen LogP contribution in [0.3, 0.4) is 0 Å². The third-order valence-electron chi connectivity index (χ3n) is 5.01. The topological polar surface area (TPSA) is 84.9 Å². The number of hydrogen-bond donors (Lipinski definition) is 1. The second kappa shape index (κ2) is 11.6. The lowest BCUT2D eigenvalue weighted by Crippen LogP contribution is -2.33. The van der Waals surface area contributed by atoms with Gasteiger partial charge in [-0.05, 0) is 48.4 Å². The Balaban J connectivity index is 1.45. The predicted octanol–water partition coefficient (Wildman–Crippen LogP) is 3.98. The summed E-state index contributed by atoms with van der Waals surface area (Å²) < 4.78 is 37.3. The summed E-state index contributed by atoms with van der Waals surface area (Å²) in [6.07, 6.45) is 1.74. The van der Waals surface area contributed by atoms with Gasteiger partial charge in [-0.15, -0.1) is 0 Å². The van der Waals surface area contributed by atoms with E-state index in [1.165, 1.54) is 4.31 Å². The summed E-state index contributed by atoms with van der Waals surface area (Å²) in [4.78, 5) is 12.2. The molecule has 0 radical (unpaired) electrons. The van der Waals surface area contributed by atoms with Gasteiger partial charge < -0.3 is 14.8 Å². The average molecular weight is 471 g/mol. The molecule has 0 aliphatic heterocycles. The summed E-state index contributed by atoms with van der Waals surface area (Å²) in [5, 5.41) is 5.06. The number of carbonyl (C=O) groups is 1. The van der Waals surface area contributed by atoms with Crippen LogP contribution in [-0.4, -0.2) is 46.9 Å². The maximum atomic E-state index is 12.3. The molecule has 0 aromatic heterocycles. The molecular weight excluding hydrogens is 440 g/mol. The molecule has 8 heteroatoms. The van der Waals surface area contributed by atoms with Crippen LogP contribution in [0.1, 0.15) is 19.8 Å². The molecule has 3 aromatic carbocycles. The minimum atomic E-state index is -3.52. The first kappa shape index (κ1) is 24.4. The van der Waals surface area contributed by atoms with E-state index in [0.29, 0.717) is 37.6 Å². The molecule has 1 amide bonds. The molecule has 33 heavy (non-hydrogen) atoms. The number of nitrogens with one attached hydrogen (secondary N) is 1. The van der Waals surface area contributed by atoms with Crippen molar-refractivity contribution in [2.75, 3.05) is 36.9 Å². The predicted molar refractivity (Wildman–Crippen MR) is 131 cm³/mol. The van der Waals surface area contributed by atoms with Gasteiger partial charge in [-0.25, -0.2) is 8.42 Å². The van der Waals surface area contributed by atoms with Crippen LogP contribution >= 0.6 is 0 Å². The van der Waals surface area contributed by atoms with Gasteiger partial charge in [0.2, 0.25) is 15.9 Å². The standard InChI is InChI=1S/C25H30N2O5S/c1-3-31-24-12-7-6-11-23(24)27(33(2,29)30)17-8-13-25(28)26-16-18-32-22-15-14-20-9-4-5-10-21(20)19-22/h4-7,9-12,14-15,19H,3,8,13,16-18H2,1-2H3,(H,26,28). The Morgan fingerprint density at radius 2 is 1.70 bits per heavy atom. The molecule has 7 nitrogen and oxygen atoms in total. The zero-order chi connectivity index (χ0) is 23.7. The number of hydrogen-bond acceptors (Lipinski definition) is 5. The van der Waals surface area contributed by atoms with E-state index in [0.717, 1.165) is 22.8 Å². The van der Waals surface area contributed by atoms with Gasteiger partial charge in [-0.3, -0.25) is 9.10 Å². The monoisotopic (exact) mass is 470 g/mol. The van der Waals surface area contributed by atoms with Crippen LogP contribution in [0.15, 0.2) is 66.7 Å². The van der Waals surface area contributed by atoms with E-state index in [2.05, 4.69) is 5.32 Å². The van der Waals surface area contributed by atoms with Crippen molar-refractivity contribution in [1.29, 1.82) is 0 Å². The molecule has 3 rings (SSSR count). The third kappa shape index (κ3) is 7.12. The number of fused-ring (bicyclic) bond motifs is 1. The van der Waals surface area contributed by atoms with Crippen molar-refractivity contribution in [1.82, 2.24) is 5.32 Å². The Morgan fingerprint density at radius 3 is 2.45 bits per heavy atom. The number of ether oxygens (including phenoxy) is 2. The molecule has 0 saturated carbocycles. The molecule has 0 aliphatic carbocycles. The van der Waals surface area contributed by atoms with Gasteiger partial charge >= 0.3 is 0 Å². The van der Waals surface area contributed by atoms with E-state index in [1.54, 1.807) is 24.3 Å². The largest absolute Gasteiger partial charge is 0.492 e. The quantitative estimate of drug-likeness (QED) is 0.405. The number of para-hydroxylation sites is 2. The van der Waals surface area contributed by atoms with Crippen LogP contribution in [-0.2, 0) is 14.8 Å². The van der Waals surface area contributed by atoms with Crippen molar-refractivity contribution >= 4 is 32.4 Å². The molecule has 0 aliphatic rings. The normalized spacial score (nSPS) is 11.2. The van der Waals surface area contributed by atoms with E-state index < -0.39 is 10.0 Å². The van der Waals surface area contributed by atoms with Gasteiger partial charge in [0.15, 0.2) is 0 Å². The summed E-state index contributed by atoms with van der Waals surface area (Å²) >= 11 is 0. The number of nitrogens with zero attached hydrogens (tertiary/aromatic N) is 1. The minimum Gasteiger partial charge on any atom is -0.492 e. The van der Waals surface area contributed by atoms with E-state index >= 15 is 0 Å². The van der Waals surface area contributed by atoms with Gasteiger partial charge in [0, 0.05) is 13.0 Å². The number of sulfonamides is 1.